The minimum absolute atomic E-state index is 0.107. The first-order chi connectivity index (χ1) is 12.3. The first-order valence-electron chi connectivity index (χ1n) is 8.80. The monoisotopic (exact) mass is 418 g/mol. The van der Waals surface area contributed by atoms with Crippen LogP contribution >= 0.6 is 15.9 Å². The van der Waals surface area contributed by atoms with Crippen LogP contribution in [0.3, 0.4) is 0 Å². The van der Waals surface area contributed by atoms with E-state index < -0.39 is 0 Å². The van der Waals surface area contributed by atoms with Crippen molar-refractivity contribution < 1.29 is 9.53 Å². The summed E-state index contributed by atoms with van der Waals surface area (Å²) in [5, 5.41) is 5.70. The van der Waals surface area contributed by atoms with Crippen LogP contribution in [-0.4, -0.2) is 19.2 Å². The van der Waals surface area contributed by atoms with Gasteiger partial charge in [0.25, 0.3) is 0 Å². The number of para-hydroxylation sites is 1. The maximum absolute atomic E-state index is 11.9. The van der Waals surface area contributed by atoms with Gasteiger partial charge in [-0.1, -0.05) is 45.0 Å². The molecule has 2 amide bonds. The Kier molecular flexibility index (Phi) is 7.09. The third kappa shape index (κ3) is 6.06. The maximum Gasteiger partial charge on any atom is 0.319 e. The second kappa shape index (κ2) is 9.08. The Bertz CT molecular complexity index is 754. The lowest BCUT2D eigenvalue weighted by atomic mass is 9.87. The molecular weight excluding hydrogens is 392 g/mol. The van der Waals surface area contributed by atoms with E-state index in [-0.39, 0.29) is 11.4 Å². The van der Waals surface area contributed by atoms with Gasteiger partial charge in [-0.15, -0.1) is 0 Å². The van der Waals surface area contributed by atoms with E-state index in [1.165, 1.54) is 5.56 Å². The van der Waals surface area contributed by atoms with Crippen molar-refractivity contribution in [1.82, 2.24) is 5.32 Å². The standard InChI is InChI=1S/C21H27BrN2O2/c1-15-8-5-6-9-18(15)24-20(25)23-12-7-13-26-19-11-10-16(14-17(19)22)21(2,3)4/h5-6,8-11,14H,7,12-13H2,1-4H3,(H2,23,24,25). The van der Waals surface area contributed by atoms with Gasteiger partial charge in [0, 0.05) is 12.2 Å². The minimum Gasteiger partial charge on any atom is -0.492 e. The fourth-order valence-electron chi connectivity index (χ4n) is 2.42. The number of aryl methyl sites for hydroxylation is 1. The van der Waals surface area contributed by atoms with Crippen LogP contribution in [0.25, 0.3) is 0 Å². The van der Waals surface area contributed by atoms with Crippen LogP contribution in [-0.2, 0) is 5.41 Å². The summed E-state index contributed by atoms with van der Waals surface area (Å²) < 4.78 is 6.76. The van der Waals surface area contributed by atoms with E-state index in [1.807, 2.05) is 37.3 Å². The van der Waals surface area contributed by atoms with Crippen LogP contribution in [0.1, 0.15) is 38.3 Å². The zero-order valence-electron chi connectivity index (χ0n) is 15.9. The third-order valence-electron chi connectivity index (χ3n) is 4.06. The van der Waals surface area contributed by atoms with Crippen molar-refractivity contribution >= 4 is 27.6 Å². The summed E-state index contributed by atoms with van der Waals surface area (Å²) >= 11 is 3.57. The van der Waals surface area contributed by atoms with Crippen LogP contribution in [0.5, 0.6) is 5.75 Å². The lowest BCUT2D eigenvalue weighted by Gasteiger charge is -2.20. The summed E-state index contributed by atoms with van der Waals surface area (Å²) in [4.78, 5) is 11.9. The molecule has 0 atom stereocenters. The average molecular weight is 419 g/mol. The lowest BCUT2D eigenvalue weighted by molar-refractivity contribution is 0.250. The molecule has 0 saturated heterocycles. The number of hydrogen-bond acceptors (Lipinski definition) is 2. The van der Waals surface area contributed by atoms with Crippen LogP contribution < -0.4 is 15.4 Å². The summed E-state index contributed by atoms with van der Waals surface area (Å²) in [7, 11) is 0. The lowest BCUT2D eigenvalue weighted by Crippen LogP contribution is -2.30. The van der Waals surface area contributed by atoms with Crippen LogP contribution in [0.2, 0.25) is 0 Å². The van der Waals surface area contributed by atoms with Gasteiger partial charge < -0.3 is 15.4 Å². The van der Waals surface area contributed by atoms with E-state index in [1.54, 1.807) is 0 Å². The zero-order valence-corrected chi connectivity index (χ0v) is 17.4. The Labute approximate surface area is 164 Å². The van der Waals surface area contributed by atoms with Crippen molar-refractivity contribution in [1.29, 1.82) is 0 Å². The number of hydrogen-bond donors (Lipinski definition) is 2. The molecule has 0 radical (unpaired) electrons. The second-order valence-electron chi connectivity index (χ2n) is 7.29. The fraction of sp³-hybridized carbons (Fsp3) is 0.381. The molecule has 0 aliphatic rings. The molecule has 0 aliphatic carbocycles. The predicted molar refractivity (Wildman–Crippen MR) is 111 cm³/mol. The van der Waals surface area contributed by atoms with Gasteiger partial charge in [-0.05, 0) is 64.0 Å². The molecule has 0 bridgehead atoms. The van der Waals surface area contributed by atoms with Gasteiger partial charge in [0.15, 0.2) is 0 Å². The molecule has 0 aromatic heterocycles. The second-order valence-corrected chi connectivity index (χ2v) is 8.15. The molecule has 2 rings (SSSR count). The molecule has 26 heavy (non-hydrogen) atoms. The smallest absolute Gasteiger partial charge is 0.319 e. The summed E-state index contributed by atoms with van der Waals surface area (Å²) in [6.45, 7) is 9.61. The SMILES string of the molecule is Cc1ccccc1NC(=O)NCCCOc1ccc(C(C)(C)C)cc1Br. The summed E-state index contributed by atoms with van der Waals surface area (Å²) in [5.74, 6) is 0.822. The number of rotatable bonds is 6. The number of urea groups is 1. The quantitative estimate of drug-likeness (QED) is 0.595. The Hall–Kier alpha value is -2.01. The number of ether oxygens (including phenoxy) is 1. The number of carbonyl (C=O) groups is 1. The minimum atomic E-state index is -0.199. The average Bonchev–Trinajstić information content (AvgIpc) is 2.57. The molecule has 2 N–H and O–H groups in total. The van der Waals surface area contributed by atoms with Gasteiger partial charge in [-0.25, -0.2) is 4.79 Å². The van der Waals surface area contributed by atoms with Crippen molar-refractivity contribution in [2.75, 3.05) is 18.5 Å². The van der Waals surface area contributed by atoms with Crippen molar-refractivity contribution in [3.05, 3.63) is 58.1 Å². The molecule has 0 heterocycles. The largest absolute Gasteiger partial charge is 0.492 e. The fourth-order valence-corrected chi connectivity index (χ4v) is 2.91. The third-order valence-corrected chi connectivity index (χ3v) is 4.68. The number of amides is 2. The molecule has 0 fully saturated rings. The zero-order chi connectivity index (χ0) is 19.2. The number of nitrogens with one attached hydrogen (secondary N) is 2. The highest BCUT2D eigenvalue weighted by Gasteiger charge is 2.15. The van der Waals surface area contributed by atoms with Gasteiger partial charge in [0.1, 0.15) is 5.75 Å². The van der Waals surface area contributed by atoms with E-state index in [9.17, 15) is 4.79 Å². The molecule has 5 heteroatoms. The normalized spacial score (nSPS) is 11.1. The van der Waals surface area contributed by atoms with Crippen molar-refractivity contribution in [2.24, 2.45) is 0 Å². The van der Waals surface area contributed by atoms with Crippen molar-refractivity contribution in [2.45, 2.75) is 39.5 Å². The van der Waals surface area contributed by atoms with E-state index in [4.69, 9.17) is 4.74 Å². The molecular formula is C21H27BrN2O2. The molecule has 140 valence electrons. The first-order valence-corrected chi connectivity index (χ1v) is 9.60. The van der Waals surface area contributed by atoms with E-state index >= 15 is 0 Å². The van der Waals surface area contributed by atoms with Crippen LogP contribution in [0.4, 0.5) is 10.5 Å². The number of benzene rings is 2. The summed E-state index contributed by atoms with van der Waals surface area (Å²) in [6, 6.07) is 13.7. The number of carbonyl (C=O) groups excluding carboxylic acids is 1. The Morgan fingerprint density at radius 2 is 1.88 bits per heavy atom. The van der Waals surface area contributed by atoms with E-state index in [2.05, 4.69) is 59.5 Å². The highest BCUT2D eigenvalue weighted by atomic mass is 79.9. The highest BCUT2D eigenvalue weighted by molar-refractivity contribution is 9.10. The van der Waals surface area contributed by atoms with Gasteiger partial charge in [-0.3, -0.25) is 0 Å². The molecule has 4 nitrogen and oxygen atoms in total. The highest BCUT2D eigenvalue weighted by Crippen LogP contribution is 2.31. The van der Waals surface area contributed by atoms with Gasteiger partial charge in [0.05, 0.1) is 11.1 Å². The van der Waals surface area contributed by atoms with Crippen LogP contribution in [0.15, 0.2) is 46.9 Å². The molecule has 0 saturated carbocycles. The number of anilines is 1. The van der Waals surface area contributed by atoms with Gasteiger partial charge in [-0.2, -0.15) is 0 Å². The maximum atomic E-state index is 11.9. The van der Waals surface area contributed by atoms with Gasteiger partial charge in [0.2, 0.25) is 0 Å². The van der Waals surface area contributed by atoms with Gasteiger partial charge >= 0.3 is 6.03 Å². The van der Waals surface area contributed by atoms with Crippen molar-refractivity contribution in [3.8, 4) is 5.75 Å². The molecule has 2 aromatic carbocycles. The van der Waals surface area contributed by atoms with E-state index in [0.29, 0.717) is 13.2 Å². The Balaban J connectivity index is 1.72. The topological polar surface area (TPSA) is 50.4 Å². The molecule has 2 aromatic rings. The summed E-state index contributed by atoms with van der Waals surface area (Å²) in [5.41, 5.74) is 3.22. The molecule has 0 spiro atoms. The van der Waals surface area contributed by atoms with Crippen molar-refractivity contribution in [3.63, 3.8) is 0 Å². The Morgan fingerprint density at radius 1 is 1.15 bits per heavy atom. The predicted octanol–water partition coefficient (Wildman–Crippen LogP) is 5.65. The number of halogens is 1. The van der Waals surface area contributed by atoms with Crippen LogP contribution in [0, 0.1) is 6.92 Å². The van der Waals surface area contributed by atoms with E-state index in [0.717, 1.165) is 27.9 Å². The summed E-state index contributed by atoms with van der Waals surface area (Å²) in [6.07, 6.45) is 0.731. The Morgan fingerprint density at radius 3 is 2.54 bits per heavy atom. The molecule has 0 aliphatic heterocycles. The molecule has 0 unspecified atom stereocenters. The first kappa shape index (κ1) is 20.3.